The summed E-state index contributed by atoms with van der Waals surface area (Å²) in [5.74, 6) is 0. The zero-order valence-electron chi connectivity index (χ0n) is 15.7. The highest BCUT2D eigenvalue weighted by molar-refractivity contribution is 5.13. The van der Waals surface area contributed by atoms with Gasteiger partial charge in [-0.25, -0.2) is 0 Å². The Hall–Kier alpha value is -1.76. The predicted molar refractivity (Wildman–Crippen MR) is 101 cm³/mol. The maximum atomic E-state index is 5.53. The van der Waals surface area contributed by atoms with E-state index in [1.807, 2.05) is 18.5 Å². The van der Waals surface area contributed by atoms with Gasteiger partial charge in [-0.2, -0.15) is 5.10 Å². The topological polar surface area (TPSA) is 46.4 Å². The normalized spacial score (nSPS) is 19.5. The lowest BCUT2D eigenvalue weighted by molar-refractivity contribution is 0.0315. The maximum absolute atomic E-state index is 5.53. The average Bonchev–Trinajstić information content (AvgIpc) is 2.92. The zero-order chi connectivity index (χ0) is 17.8. The monoisotopic (exact) mass is 355 g/mol. The van der Waals surface area contributed by atoms with Gasteiger partial charge in [-0.3, -0.25) is 19.5 Å². The van der Waals surface area contributed by atoms with E-state index in [2.05, 4.69) is 38.6 Å². The molecule has 4 heterocycles. The van der Waals surface area contributed by atoms with E-state index in [1.54, 1.807) is 0 Å². The molecule has 6 heteroatoms. The minimum absolute atomic E-state index is 0.668. The number of pyridine rings is 1. The zero-order valence-corrected chi connectivity index (χ0v) is 15.7. The molecule has 0 amide bonds. The lowest BCUT2D eigenvalue weighted by atomic mass is 10.1. The molecule has 1 fully saturated rings. The van der Waals surface area contributed by atoms with Crippen LogP contribution in [0.25, 0.3) is 0 Å². The summed E-state index contributed by atoms with van der Waals surface area (Å²) in [6.07, 6.45) is 7.26. The van der Waals surface area contributed by atoms with Crippen molar-refractivity contribution in [3.8, 4) is 0 Å². The van der Waals surface area contributed by atoms with Crippen LogP contribution in [0.3, 0.4) is 0 Å². The molecule has 0 aromatic carbocycles. The largest absolute Gasteiger partial charge is 0.381 e. The first-order valence-corrected chi connectivity index (χ1v) is 9.73. The fourth-order valence-corrected chi connectivity index (χ4v) is 4.12. The van der Waals surface area contributed by atoms with Crippen molar-refractivity contribution in [2.45, 2.75) is 51.5 Å². The molecule has 2 aromatic heterocycles. The van der Waals surface area contributed by atoms with E-state index in [4.69, 9.17) is 9.84 Å². The van der Waals surface area contributed by atoms with Crippen LogP contribution in [0.5, 0.6) is 0 Å². The number of aryl methyl sites for hydroxylation is 1. The van der Waals surface area contributed by atoms with E-state index in [0.29, 0.717) is 6.04 Å². The molecule has 0 N–H and O–H groups in total. The van der Waals surface area contributed by atoms with Crippen LogP contribution < -0.4 is 0 Å². The summed E-state index contributed by atoms with van der Waals surface area (Å²) < 4.78 is 7.76. The third kappa shape index (κ3) is 4.31. The third-order valence-electron chi connectivity index (χ3n) is 5.41. The Bertz CT molecular complexity index is 695. The summed E-state index contributed by atoms with van der Waals surface area (Å²) in [5.41, 5.74) is 3.76. The minimum atomic E-state index is 0.668. The summed E-state index contributed by atoms with van der Waals surface area (Å²) in [4.78, 5) is 9.15. The Labute approximate surface area is 155 Å². The molecule has 0 unspecified atom stereocenters. The van der Waals surface area contributed by atoms with Crippen LogP contribution in [-0.4, -0.2) is 57.4 Å². The number of rotatable bonds is 5. The van der Waals surface area contributed by atoms with Crippen molar-refractivity contribution >= 4 is 0 Å². The van der Waals surface area contributed by atoms with Gasteiger partial charge in [0, 0.05) is 64.4 Å². The van der Waals surface area contributed by atoms with Gasteiger partial charge in [-0.05, 0) is 44.0 Å². The Morgan fingerprint density at radius 3 is 2.92 bits per heavy atom. The van der Waals surface area contributed by atoms with Crippen LogP contribution >= 0.6 is 0 Å². The Morgan fingerprint density at radius 1 is 1.23 bits per heavy atom. The SMILES string of the molecule is CN(Cc1cccnc1)Cc1cc2n(n1)CCCN(C1CCOCC1)C2. The highest BCUT2D eigenvalue weighted by Crippen LogP contribution is 2.21. The Balaban J connectivity index is 1.39. The molecule has 2 aliphatic heterocycles. The van der Waals surface area contributed by atoms with Crippen molar-refractivity contribution in [2.24, 2.45) is 0 Å². The molecular weight excluding hydrogens is 326 g/mol. The molecule has 0 spiro atoms. The van der Waals surface area contributed by atoms with Gasteiger partial charge in [0.25, 0.3) is 0 Å². The molecule has 0 aliphatic carbocycles. The van der Waals surface area contributed by atoms with Crippen LogP contribution in [0.4, 0.5) is 0 Å². The van der Waals surface area contributed by atoms with Crippen LogP contribution in [0, 0.1) is 0 Å². The summed E-state index contributed by atoms with van der Waals surface area (Å²) in [7, 11) is 2.14. The molecular formula is C20H29N5O. The van der Waals surface area contributed by atoms with E-state index >= 15 is 0 Å². The predicted octanol–water partition coefficient (Wildman–Crippen LogP) is 2.29. The number of nitrogens with zero attached hydrogens (tertiary/aromatic N) is 5. The molecule has 6 nitrogen and oxygen atoms in total. The highest BCUT2D eigenvalue weighted by Gasteiger charge is 2.25. The van der Waals surface area contributed by atoms with E-state index in [1.165, 1.54) is 29.9 Å². The van der Waals surface area contributed by atoms with Crippen molar-refractivity contribution < 1.29 is 4.74 Å². The van der Waals surface area contributed by atoms with Crippen molar-refractivity contribution in [3.63, 3.8) is 0 Å². The van der Waals surface area contributed by atoms with Crippen LogP contribution in [0.1, 0.15) is 36.2 Å². The van der Waals surface area contributed by atoms with Gasteiger partial charge in [0.2, 0.25) is 0 Å². The second kappa shape index (κ2) is 8.29. The molecule has 1 saturated heterocycles. The first-order chi connectivity index (χ1) is 12.8. The van der Waals surface area contributed by atoms with Crippen molar-refractivity contribution in [1.29, 1.82) is 0 Å². The molecule has 26 heavy (non-hydrogen) atoms. The Morgan fingerprint density at radius 2 is 2.12 bits per heavy atom. The van der Waals surface area contributed by atoms with E-state index in [9.17, 15) is 0 Å². The van der Waals surface area contributed by atoms with Gasteiger partial charge < -0.3 is 4.74 Å². The van der Waals surface area contributed by atoms with Gasteiger partial charge in [0.05, 0.1) is 11.4 Å². The number of fused-ring (bicyclic) bond motifs is 1. The van der Waals surface area contributed by atoms with Crippen molar-refractivity contribution in [2.75, 3.05) is 26.8 Å². The lowest BCUT2D eigenvalue weighted by Gasteiger charge is -2.33. The molecule has 2 aromatic rings. The first kappa shape index (κ1) is 17.6. The fraction of sp³-hybridized carbons (Fsp3) is 0.600. The van der Waals surface area contributed by atoms with Crippen LogP contribution in [0.15, 0.2) is 30.6 Å². The quantitative estimate of drug-likeness (QED) is 0.824. The summed E-state index contributed by atoms with van der Waals surface area (Å²) in [6.45, 7) is 6.79. The highest BCUT2D eigenvalue weighted by atomic mass is 16.5. The maximum Gasteiger partial charge on any atom is 0.0768 e. The van der Waals surface area contributed by atoms with Crippen LogP contribution in [-0.2, 0) is 30.9 Å². The second-order valence-electron chi connectivity index (χ2n) is 7.55. The van der Waals surface area contributed by atoms with E-state index in [0.717, 1.165) is 52.2 Å². The average molecular weight is 355 g/mol. The molecule has 4 rings (SSSR count). The summed E-state index contributed by atoms with van der Waals surface area (Å²) in [5, 5.41) is 4.88. The minimum Gasteiger partial charge on any atom is -0.381 e. The number of hydrogen-bond donors (Lipinski definition) is 0. The Kier molecular flexibility index (Phi) is 5.62. The molecule has 0 atom stereocenters. The lowest BCUT2D eigenvalue weighted by Crippen LogP contribution is -2.39. The summed E-state index contributed by atoms with van der Waals surface area (Å²) >= 11 is 0. The van der Waals surface area contributed by atoms with Gasteiger partial charge in [-0.1, -0.05) is 6.07 Å². The third-order valence-corrected chi connectivity index (χ3v) is 5.41. The fourth-order valence-electron chi connectivity index (χ4n) is 4.12. The molecule has 2 aliphatic rings. The second-order valence-corrected chi connectivity index (χ2v) is 7.55. The molecule has 0 saturated carbocycles. The first-order valence-electron chi connectivity index (χ1n) is 9.73. The molecule has 0 radical (unpaired) electrons. The standard InChI is InChI=1S/C20H29N5O/c1-23(14-17-4-2-7-21-13-17)15-18-12-20-16-24(8-3-9-25(20)22-18)19-5-10-26-11-6-19/h2,4,7,12-13,19H,3,5-6,8-11,14-16H2,1H3. The van der Waals surface area contributed by atoms with Gasteiger partial charge in [-0.15, -0.1) is 0 Å². The van der Waals surface area contributed by atoms with E-state index < -0.39 is 0 Å². The number of aromatic nitrogens is 3. The number of ether oxygens (including phenoxy) is 1. The van der Waals surface area contributed by atoms with E-state index in [-0.39, 0.29) is 0 Å². The van der Waals surface area contributed by atoms with Gasteiger partial charge >= 0.3 is 0 Å². The number of hydrogen-bond acceptors (Lipinski definition) is 5. The smallest absolute Gasteiger partial charge is 0.0768 e. The molecule has 140 valence electrons. The summed E-state index contributed by atoms with van der Waals surface area (Å²) in [6, 6.07) is 7.09. The molecule has 0 bridgehead atoms. The van der Waals surface area contributed by atoms with Gasteiger partial charge in [0.1, 0.15) is 0 Å². The van der Waals surface area contributed by atoms with Gasteiger partial charge in [0.15, 0.2) is 0 Å². The van der Waals surface area contributed by atoms with Crippen molar-refractivity contribution in [3.05, 3.63) is 47.5 Å². The van der Waals surface area contributed by atoms with Crippen molar-refractivity contribution in [1.82, 2.24) is 24.6 Å². The van der Waals surface area contributed by atoms with Crippen LogP contribution in [0.2, 0.25) is 0 Å².